The molecule has 0 spiro atoms. The Hall–Kier alpha value is -3.72. The van der Waals surface area contributed by atoms with Crippen molar-refractivity contribution in [3.63, 3.8) is 0 Å². The minimum Gasteiger partial charge on any atom is -0.497 e. The summed E-state index contributed by atoms with van der Waals surface area (Å²) in [6, 6.07) is 15.9. The summed E-state index contributed by atoms with van der Waals surface area (Å²) in [6.07, 6.45) is 4.61. The summed E-state index contributed by atoms with van der Waals surface area (Å²) in [4.78, 5) is 0. The topological polar surface area (TPSA) is 106 Å². The maximum Gasteiger partial charge on any atom is 0.118 e. The second-order valence-electron chi connectivity index (χ2n) is 7.04. The average molecular weight is 452 g/mol. The normalized spacial score (nSPS) is 10.1. The first-order chi connectivity index (χ1) is 15.6. The molecule has 0 amide bonds. The SMILES string of the molecule is C.CCc1cnnn1Cc1ccc(OC)cc1.COc1ccc(Cn2cc(CN)nn2)cc1. The number of rotatable bonds is 8. The standard InChI is InChI=1S/C12H15N3O.C11H14N4O.CH4/c1-3-11-8-13-14-15(11)9-10-4-6-12(16-2)7-5-10;1-16-11-4-2-9(3-5-11)7-15-8-10(6-12)13-14-15;/h4-8H,3,9H2,1-2H3;2-5,8H,6-7,12H2,1H3;1H4. The van der Waals surface area contributed by atoms with E-state index in [4.69, 9.17) is 15.2 Å². The molecule has 9 nitrogen and oxygen atoms in total. The van der Waals surface area contributed by atoms with Crippen LogP contribution in [0.4, 0.5) is 0 Å². The summed E-state index contributed by atoms with van der Waals surface area (Å²) in [7, 11) is 3.32. The van der Waals surface area contributed by atoms with E-state index in [1.165, 1.54) is 5.56 Å². The van der Waals surface area contributed by atoms with Crippen LogP contribution in [0.5, 0.6) is 11.5 Å². The van der Waals surface area contributed by atoms with Crippen LogP contribution < -0.4 is 15.2 Å². The third-order valence-electron chi connectivity index (χ3n) is 4.85. The lowest BCUT2D eigenvalue weighted by Crippen LogP contribution is -2.05. The van der Waals surface area contributed by atoms with Crippen molar-refractivity contribution in [2.45, 2.75) is 40.4 Å². The summed E-state index contributed by atoms with van der Waals surface area (Å²) >= 11 is 0. The molecule has 0 saturated heterocycles. The summed E-state index contributed by atoms with van der Waals surface area (Å²) in [5.41, 5.74) is 9.75. The Morgan fingerprint density at radius 3 is 1.91 bits per heavy atom. The van der Waals surface area contributed by atoms with Crippen LogP contribution in [-0.4, -0.2) is 44.2 Å². The second-order valence-corrected chi connectivity index (χ2v) is 7.04. The summed E-state index contributed by atoms with van der Waals surface area (Å²) in [5.74, 6) is 1.73. The minimum absolute atomic E-state index is 0. The molecule has 0 bridgehead atoms. The van der Waals surface area contributed by atoms with Gasteiger partial charge in [-0.2, -0.15) is 0 Å². The van der Waals surface area contributed by atoms with E-state index in [1.807, 2.05) is 65.6 Å². The van der Waals surface area contributed by atoms with Gasteiger partial charge in [0, 0.05) is 6.54 Å². The van der Waals surface area contributed by atoms with E-state index in [2.05, 4.69) is 27.5 Å². The predicted octanol–water partition coefficient (Wildman–Crippen LogP) is 3.33. The highest BCUT2D eigenvalue weighted by molar-refractivity contribution is 5.28. The molecule has 0 saturated carbocycles. The number of benzene rings is 2. The van der Waals surface area contributed by atoms with Crippen LogP contribution >= 0.6 is 0 Å². The van der Waals surface area contributed by atoms with Gasteiger partial charge in [0.15, 0.2) is 0 Å². The number of hydrogen-bond donors (Lipinski definition) is 1. The van der Waals surface area contributed by atoms with Crippen molar-refractivity contribution in [2.24, 2.45) is 5.73 Å². The zero-order valence-corrected chi connectivity index (χ0v) is 18.7. The number of nitrogens with two attached hydrogens (primary N) is 1. The van der Waals surface area contributed by atoms with E-state index in [9.17, 15) is 0 Å². The molecule has 2 aromatic heterocycles. The molecule has 2 aromatic carbocycles. The van der Waals surface area contributed by atoms with E-state index in [-0.39, 0.29) is 7.43 Å². The summed E-state index contributed by atoms with van der Waals surface area (Å²) in [6.45, 7) is 3.97. The van der Waals surface area contributed by atoms with Gasteiger partial charge < -0.3 is 15.2 Å². The van der Waals surface area contributed by atoms with Crippen molar-refractivity contribution < 1.29 is 9.47 Å². The van der Waals surface area contributed by atoms with E-state index in [0.717, 1.165) is 41.4 Å². The number of hydrogen-bond acceptors (Lipinski definition) is 7. The van der Waals surface area contributed by atoms with E-state index < -0.39 is 0 Å². The number of aryl methyl sites for hydroxylation is 1. The van der Waals surface area contributed by atoms with E-state index in [0.29, 0.717) is 13.1 Å². The van der Waals surface area contributed by atoms with Crippen molar-refractivity contribution in [3.05, 3.63) is 83.4 Å². The molecule has 9 heteroatoms. The van der Waals surface area contributed by atoms with Gasteiger partial charge in [-0.1, -0.05) is 49.0 Å². The highest BCUT2D eigenvalue weighted by Crippen LogP contribution is 2.13. The molecule has 0 aliphatic carbocycles. The largest absolute Gasteiger partial charge is 0.497 e. The van der Waals surface area contributed by atoms with Gasteiger partial charge in [-0.05, 0) is 41.8 Å². The van der Waals surface area contributed by atoms with Gasteiger partial charge in [0.25, 0.3) is 0 Å². The quantitative estimate of drug-likeness (QED) is 0.438. The Labute approximate surface area is 195 Å². The smallest absolute Gasteiger partial charge is 0.118 e. The fourth-order valence-corrected chi connectivity index (χ4v) is 3.02. The summed E-state index contributed by atoms with van der Waals surface area (Å²) in [5, 5.41) is 15.9. The van der Waals surface area contributed by atoms with E-state index in [1.54, 1.807) is 18.9 Å². The van der Waals surface area contributed by atoms with Gasteiger partial charge in [0.1, 0.15) is 11.5 Å². The minimum atomic E-state index is 0. The van der Waals surface area contributed by atoms with Gasteiger partial charge in [-0.25, -0.2) is 9.36 Å². The van der Waals surface area contributed by atoms with E-state index >= 15 is 0 Å². The van der Waals surface area contributed by atoms with Crippen molar-refractivity contribution in [1.29, 1.82) is 0 Å². The Morgan fingerprint density at radius 1 is 0.848 bits per heavy atom. The van der Waals surface area contributed by atoms with Crippen molar-refractivity contribution >= 4 is 0 Å². The zero-order chi connectivity index (χ0) is 22.8. The molecular weight excluding hydrogens is 418 g/mol. The Kier molecular flexibility index (Phi) is 10.0. The van der Waals surface area contributed by atoms with Crippen LogP contribution in [0.1, 0.15) is 36.9 Å². The first-order valence-electron chi connectivity index (χ1n) is 10.4. The Morgan fingerprint density at radius 2 is 1.42 bits per heavy atom. The molecule has 33 heavy (non-hydrogen) atoms. The molecule has 0 aliphatic rings. The molecule has 0 fully saturated rings. The molecule has 2 heterocycles. The second kappa shape index (κ2) is 13.0. The third-order valence-corrected chi connectivity index (χ3v) is 4.85. The van der Waals surface area contributed by atoms with Crippen LogP contribution in [0.2, 0.25) is 0 Å². The molecule has 176 valence electrons. The molecule has 0 atom stereocenters. The lowest BCUT2D eigenvalue weighted by Gasteiger charge is -2.05. The molecular formula is C24H33N7O2. The van der Waals surface area contributed by atoms with Crippen LogP contribution in [0.3, 0.4) is 0 Å². The first-order valence-corrected chi connectivity index (χ1v) is 10.4. The number of nitrogens with zero attached hydrogens (tertiary/aromatic N) is 6. The Balaban J connectivity index is 0.000000227. The summed E-state index contributed by atoms with van der Waals surface area (Å²) < 4.78 is 13.9. The lowest BCUT2D eigenvalue weighted by atomic mass is 10.2. The number of aromatic nitrogens is 6. The molecule has 0 aliphatic heterocycles. The number of methoxy groups -OCH3 is 2. The van der Waals surface area contributed by atoms with Gasteiger partial charge in [-0.15, -0.1) is 10.2 Å². The molecule has 2 N–H and O–H groups in total. The average Bonchev–Trinajstić information content (AvgIpc) is 3.49. The zero-order valence-electron chi connectivity index (χ0n) is 18.7. The first kappa shape index (κ1) is 25.5. The maximum absolute atomic E-state index is 5.46. The van der Waals surface area contributed by atoms with Crippen LogP contribution in [0.25, 0.3) is 0 Å². The highest BCUT2D eigenvalue weighted by Gasteiger charge is 2.03. The fraction of sp³-hybridized carbons (Fsp3) is 0.333. The van der Waals surface area contributed by atoms with Gasteiger partial charge in [-0.3, -0.25) is 0 Å². The molecule has 0 unspecified atom stereocenters. The van der Waals surface area contributed by atoms with Crippen molar-refractivity contribution in [2.75, 3.05) is 14.2 Å². The molecule has 4 rings (SSSR count). The highest BCUT2D eigenvalue weighted by atomic mass is 16.5. The maximum atomic E-state index is 5.46. The van der Waals surface area contributed by atoms with Crippen LogP contribution in [-0.2, 0) is 26.1 Å². The van der Waals surface area contributed by atoms with Gasteiger partial charge >= 0.3 is 0 Å². The molecule has 0 radical (unpaired) electrons. The predicted molar refractivity (Wildman–Crippen MR) is 128 cm³/mol. The lowest BCUT2D eigenvalue weighted by molar-refractivity contribution is 0.414. The van der Waals surface area contributed by atoms with Crippen LogP contribution in [0, 0.1) is 0 Å². The van der Waals surface area contributed by atoms with Crippen molar-refractivity contribution in [3.8, 4) is 11.5 Å². The fourth-order valence-electron chi connectivity index (χ4n) is 3.02. The van der Waals surface area contributed by atoms with Crippen LogP contribution in [0.15, 0.2) is 60.9 Å². The van der Waals surface area contributed by atoms with Crippen molar-refractivity contribution in [1.82, 2.24) is 30.0 Å². The molecule has 4 aromatic rings. The number of ether oxygens (including phenoxy) is 2. The Bertz CT molecular complexity index is 1070. The monoisotopic (exact) mass is 451 g/mol. The van der Waals surface area contributed by atoms with Gasteiger partial charge in [0.2, 0.25) is 0 Å². The third kappa shape index (κ3) is 7.43. The van der Waals surface area contributed by atoms with Gasteiger partial charge in [0.05, 0.1) is 51.1 Å².